The molecule has 0 aliphatic carbocycles. The molecule has 0 bridgehead atoms. The predicted molar refractivity (Wildman–Crippen MR) is 76.2 cm³/mol. The number of nitrogens with one attached hydrogen (secondary N) is 1. The van der Waals surface area contributed by atoms with Crippen molar-refractivity contribution >= 4 is 0 Å². The van der Waals surface area contributed by atoms with Crippen molar-refractivity contribution in [2.45, 2.75) is 53.0 Å². The Morgan fingerprint density at radius 1 is 1.11 bits per heavy atom. The molecular formula is C16H25F2N. The monoisotopic (exact) mass is 269 g/mol. The van der Waals surface area contributed by atoms with Gasteiger partial charge in [-0.25, -0.2) is 8.78 Å². The average Bonchev–Trinajstić information content (AvgIpc) is 2.37. The number of rotatable bonds is 7. The van der Waals surface area contributed by atoms with Gasteiger partial charge in [-0.2, -0.15) is 0 Å². The lowest BCUT2D eigenvalue weighted by Gasteiger charge is -2.21. The van der Waals surface area contributed by atoms with Crippen LogP contribution in [0.15, 0.2) is 12.1 Å². The Morgan fingerprint density at radius 2 is 1.79 bits per heavy atom. The number of hydrogen-bond donors (Lipinski definition) is 1. The van der Waals surface area contributed by atoms with Gasteiger partial charge < -0.3 is 5.32 Å². The second-order valence-electron chi connectivity index (χ2n) is 5.58. The van der Waals surface area contributed by atoms with Crippen LogP contribution in [0.3, 0.4) is 0 Å². The van der Waals surface area contributed by atoms with Crippen molar-refractivity contribution in [1.82, 2.24) is 5.32 Å². The maximum Gasteiger partial charge on any atom is 0.163 e. The van der Waals surface area contributed by atoms with Crippen LogP contribution in [-0.4, -0.2) is 6.54 Å². The smallest absolute Gasteiger partial charge is 0.163 e. The van der Waals surface area contributed by atoms with Crippen LogP contribution in [0.2, 0.25) is 0 Å². The second kappa shape index (κ2) is 7.59. The molecule has 0 saturated heterocycles. The third kappa shape index (κ3) is 4.57. The minimum Gasteiger partial charge on any atom is -0.310 e. The molecule has 0 aliphatic rings. The quantitative estimate of drug-likeness (QED) is 0.753. The average molecular weight is 269 g/mol. The highest BCUT2D eigenvalue weighted by atomic mass is 19.2. The van der Waals surface area contributed by atoms with E-state index in [-0.39, 0.29) is 6.04 Å². The van der Waals surface area contributed by atoms with Crippen molar-refractivity contribution in [3.05, 3.63) is 34.9 Å². The molecule has 1 aromatic carbocycles. The molecule has 1 nitrogen and oxygen atoms in total. The van der Waals surface area contributed by atoms with Crippen molar-refractivity contribution in [2.75, 3.05) is 6.54 Å². The molecular weight excluding hydrogens is 244 g/mol. The summed E-state index contributed by atoms with van der Waals surface area (Å²) >= 11 is 0. The zero-order valence-corrected chi connectivity index (χ0v) is 12.4. The van der Waals surface area contributed by atoms with Crippen LogP contribution in [0.5, 0.6) is 0 Å². The van der Waals surface area contributed by atoms with E-state index in [2.05, 4.69) is 26.1 Å². The number of aryl methyl sites for hydroxylation is 1. The Labute approximate surface area is 115 Å². The van der Waals surface area contributed by atoms with Gasteiger partial charge in [0.1, 0.15) is 0 Å². The van der Waals surface area contributed by atoms with E-state index < -0.39 is 11.6 Å². The van der Waals surface area contributed by atoms with E-state index in [1.165, 1.54) is 0 Å². The summed E-state index contributed by atoms with van der Waals surface area (Å²) in [6.45, 7) is 8.76. The topological polar surface area (TPSA) is 12.0 Å². The lowest BCUT2D eigenvalue weighted by atomic mass is 9.96. The highest BCUT2D eigenvalue weighted by Crippen LogP contribution is 2.26. The molecule has 0 radical (unpaired) electrons. The SMILES string of the molecule is CCCNC(CCC(C)C)c1ccc(C)c(F)c1F. The molecule has 19 heavy (non-hydrogen) atoms. The van der Waals surface area contributed by atoms with Crippen LogP contribution in [0.4, 0.5) is 8.78 Å². The first kappa shape index (κ1) is 16.1. The number of hydrogen-bond acceptors (Lipinski definition) is 1. The van der Waals surface area contributed by atoms with Crippen LogP contribution in [-0.2, 0) is 0 Å². The van der Waals surface area contributed by atoms with Crippen LogP contribution in [0.1, 0.15) is 57.2 Å². The maximum atomic E-state index is 14.0. The third-order valence-electron chi connectivity index (χ3n) is 3.35. The lowest BCUT2D eigenvalue weighted by molar-refractivity contribution is 0.414. The van der Waals surface area contributed by atoms with Gasteiger partial charge in [-0.1, -0.05) is 32.9 Å². The molecule has 0 heterocycles. The van der Waals surface area contributed by atoms with E-state index in [0.29, 0.717) is 17.0 Å². The Balaban J connectivity index is 2.92. The molecule has 3 heteroatoms. The summed E-state index contributed by atoms with van der Waals surface area (Å²) in [5, 5.41) is 3.32. The van der Waals surface area contributed by atoms with Gasteiger partial charge in [0.05, 0.1) is 0 Å². The summed E-state index contributed by atoms with van der Waals surface area (Å²) < 4.78 is 27.7. The Morgan fingerprint density at radius 3 is 2.37 bits per heavy atom. The minimum absolute atomic E-state index is 0.0996. The van der Waals surface area contributed by atoms with Crippen molar-refractivity contribution in [3.8, 4) is 0 Å². The largest absolute Gasteiger partial charge is 0.310 e. The summed E-state index contributed by atoms with van der Waals surface area (Å²) in [4.78, 5) is 0. The first-order chi connectivity index (χ1) is 8.97. The third-order valence-corrected chi connectivity index (χ3v) is 3.35. The molecule has 1 N–H and O–H groups in total. The summed E-state index contributed by atoms with van der Waals surface area (Å²) in [5.74, 6) is -0.855. The van der Waals surface area contributed by atoms with E-state index in [1.54, 1.807) is 19.1 Å². The number of benzene rings is 1. The molecule has 0 aliphatic heterocycles. The highest BCUT2D eigenvalue weighted by Gasteiger charge is 2.19. The minimum atomic E-state index is -0.717. The molecule has 0 aromatic heterocycles. The fourth-order valence-corrected chi connectivity index (χ4v) is 2.12. The first-order valence-corrected chi connectivity index (χ1v) is 7.15. The van der Waals surface area contributed by atoms with Crippen molar-refractivity contribution in [2.24, 2.45) is 5.92 Å². The second-order valence-corrected chi connectivity index (χ2v) is 5.58. The zero-order chi connectivity index (χ0) is 14.4. The van der Waals surface area contributed by atoms with Gasteiger partial charge >= 0.3 is 0 Å². The van der Waals surface area contributed by atoms with Gasteiger partial charge in [0, 0.05) is 11.6 Å². The summed E-state index contributed by atoms with van der Waals surface area (Å²) in [7, 11) is 0. The van der Waals surface area contributed by atoms with Crippen LogP contribution < -0.4 is 5.32 Å². The predicted octanol–water partition coefficient (Wildman–Crippen LogP) is 4.75. The van der Waals surface area contributed by atoms with Crippen LogP contribution in [0, 0.1) is 24.5 Å². The van der Waals surface area contributed by atoms with E-state index >= 15 is 0 Å². The summed E-state index contributed by atoms with van der Waals surface area (Å²) in [6, 6.07) is 3.27. The van der Waals surface area contributed by atoms with Gasteiger partial charge in [-0.05, 0) is 44.2 Å². The maximum absolute atomic E-state index is 14.0. The molecule has 0 spiro atoms. The molecule has 108 valence electrons. The van der Waals surface area contributed by atoms with Crippen molar-refractivity contribution in [1.29, 1.82) is 0 Å². The lowest BCUT2D eigenvalue weighted by Crippen LogP contribution is -2.24. The fourth-order valence-electron chi connectivity index (χ4n) is 2.12. The molecule has 0 amide bonds. The normalized spacial score (nSPS) is 13.0. The Bertz CT molecular complexity index is 402. The molecule has 1 aromatic rings. The first-order valence-electron chi connectivity index (χ1n) is 7.15. The fraction of sp³-hybridized carbons (Fsp3) is 0.625. The van der Waals surface area contributed by atoms with Crippen LogP contribution in [0.25, 0.3) is 0 Å². The van der Waals surface area contributed by atoms with Gasteiger partial charge in [0.2, 0.25) is 0 Å². The van der Waals surface area contributed by atoms with Gasteiger partial charge in [-0.15, -0.1) is 0 Å². The van der Waals surface area contributed by atoms with Crippen LogP contribution >= 0.6 is 0 Å². The number of halogens is 2. The Hall–Kier alpha value is -0.960. The van der Waals surface area contributed by atoms with Crippen molar-refractivity contribution in [3.63, 3.8) is 0 Å². The van der Waals surface area contributed by atoms with E-state index in [1.807, 2.05) is 0 Å². The highest BCUT2D eigenvalue weighted by molar-refractivity contribution is 5.27. The summed E-state index contributed by atoms with van der Waals surface area (Å²) in [5.41, 5.74) is 0.816. The molecule has 1 unspecified atom stereocenters. The van der Waals surface area contributed by atoms with Crippen molar-refractivity contribution < 1.29 is 8.78 Å². The molecule has 0 saturated carbocycles. The van der Waals surface area contributed by atoms with Gasteiger partial charge in [0.15, 0.2) is 11.6 Å². The standard InChI is InChI=1S/C16H25F2N/c1-5-10-19-14(9-6-11(2)3)13-8-7-12(4)15(17)16(13)18/h7-8,11,14,19H,5-6,9-10H2,1-4H3. The van der Waals surface area contributed by atoms with Gasteiger partial charge in [0.25, 0.3) is 0 Å². The van der Waals surface area contributed by atoms with E-state index in [0.717, 1.165) is 25.8 Å². The molecule has 1 rings (SSSR count). The molecule has 0 fully saturated rings. The zero-order valence-electron chi connectivity index (χ0n) is 12.4. The van der Waals surface area contributed by atoms with E-state index in [4.69, 9.17) is 0 Å². The molecule has 1 atom stereocenters. The summed E-state index contributed by atoms with van der Waals surface area (Å²) in [6.07, 6.45) is 2.81. The van der Waals surface area contributed by atoms with E-state index in [9.17, 15) is 8.78 Å². The van der Waals surface area contributed by atoms with Gasteiger partial charge in [-0.3, -0.25) is 0 Å². The Kier molecular flexibility index (Phi) is 6.43.